The number of carbonyl (C=O) groups is 2. The number of hydrogen-bond donors (Lipinski definition) is 0. The fourth-order valence-corrected chi connectivity index (χ4v) is 5.11. The number of furan rings is 1. The number of Topliss-reactive ketones (excluding diaryl/α,β-unsaturated/α-hetero) is 1. The maximum Gasteiger partial charge on any atom is 0.232 e. The standard InChI is InChI=1S/C27H25NO3/c1-17-11-18(2)13-21(12-17)28-23-14-20(19-7-4-3-5-8-19)15-24(29)27(23)22(16-26(28)30)25-9-6-10-31-25/h3-13,20,22H,14-16H2,1-2H3. The minimum Gasteiger partial charge on any atom is -0.469 e. The topological polar surface area (TPSA) is 50.5 Å². The summed E-state index contributed by atoms with van der Waals surface area (Å²) in [5.74, 6) is 0.547. The Hall–Kier alpha value is -3.40. The highest BCUT2D eigenvalue weighted by molar-refractivity contribution is 6.07. The molecule has 3 aromatic rings. The van der Waals surface area contributed by atoms with Crippen LogP contribution in [0.4, 0.5) is 5.69 Å². The summed E-state index contributed by atoms with van der Waals surface area (Å²) in [4.78, 5) is 28.8. The molecule has 1 aliphatic carbocycles. The van der Waals surface area contributed by atoms with Gasteiger partial charge in [0.15, 0.2) is 5.78 Å². The molecule has 5 rings (SSSR count). The fraction of sp³-hybridized carbons (Fsp3) is 0.259. The van der Waals surface area contributed by atoms with E-state index in [1.807, 2.05) is 56.3 Å². The van der Waals surface area contributed by atoms with Gasteiger partial charge in [-0.2, -0.15) is 0 Å². The molecule has 2 aromatic carbocycles. The van der Waals surface area contributed by atoms with Crippen molar-refractivity contribution in [2.75, 3.05) is 4.90 Å². The molecule has 0 fully saturated rings. The average Bonchev–Trinajstić information content (AvgIpc) is 3.27. The molecule has 2 aliphatic rings. The second-order valence-corrected chi connectivity index (χ2v) is 8.65. The minimum absolute atomic E-state index is 0.00617. The van der Waals surface area contributed by atoms with Crippen molar-refractivity contribution in [3.63, 3.8) is 0 Å². The minimum atomic E-state index is -0.316. The molecule has 2 atom stereocenters. The second-order valence-electron chi connectivity index (χ2n) is 8.65. The predicted molar refractivity (Wildman–Crippen MR) is 120 cm³/mol. The molecular weight excluding hydrogens is 386 g/mol. The summed E-state index contributed by atoms with van der Waals surface area (Å²) in [6.45, 7) is 4.06. The van der Waals surface area contributed by atoms with Crippen molar-refractivity contribution in [1.82, 2.24) is 0 Å². The normalized spacial score (nSPS) is 21.4. The van der Waals surface area contributed by atoms with E-state index >= 15 is 0 Å². The van der Waals surface area contributed by atoms with Crippen LogP contribution in [0.2, 0.25) is 0 Å². The number of rotatable bonds is 3. The second kappa shape index (κ2) is 7.69. The summed E-state index contributed by atoms with van der Waals surface area (Å²) in [6, 6.07) is 20.0. The number of carbonyl (C=O) groups excluding carboxylic acids is 2. The number of nitrogens with zero attached hydrogens (tertiary/aromatic N) is 1. The number of anilines is 1. The molecular formula is C27H25NO3. The first-order chi connectivity index (χ1) is 15.0. The molecule has 2 unspecified atom stereocenters. The highest BCUT2D eigenvalue weighted by Crippen LogP contribution is 2.47. The molecule has 0 radical (unpaired) electrons. The Balaban J connectivity index is 1.67. The fourth-order valence-electron chi connectivity index (χ4n) is 5.11. The van der Waals surface area contributed by atoms with Gasteiger partial charge in [-0.15, -0.1) is 0 Å². The molecule has 1 aromatic heterocycles. The van der Waals surface area contributed by atoms with Crippen LogP contribution in [-0.4, -0.2) is 11.7 Å². The van der Waals surface area contributed by atoms with Crippen molar-refractivity contribution < 1.29 is 14.0 Å². The van der Waals surface area contributed by atoms with E-state index in [4.69, 9.17) is 4.42 Å². The molecule has 156 valence electrons. The van der Waals surface area contributed by atoms with E-state index in [9.17, 15) is 9.59 Å². The first-order valence-electron chi connectivity index (χ1n) is 10.8. The summed E-state index contributed by atoms with van der Waals surface area (Å²) < 4.78 is 5.65. The van der Waals surface area contributed by atoms with Crippen molar-refractivity contribution >= 4 is 17.4 Å². The first-order valence-corrected chi connectivity index (χ1v) is 10.8. The zero-order valence-corrected chi connectivity index (χ0v) is 17.8. The number of ketones is 1. The number of aryl methyl sites for hydroxylation is 2. The molecule has 1 amide bonds. The van der Waals surface area contributed by atoms with Gasteiger partial charge in [0, 0.05) is 29.8 Å². The van der Waals surface area contributed by atoms with Crippen LogP contribution < -0.4 is 4.90 Å². The van der Waals surface area contributed by atoms with Crippen LogP contribution in [-0.2, 0) is 9.59 Å². The van der Waals surface area contributed by atoms with Gasteiger partial charge in [-0.3, -0.25) is 14.5 Å². The molecule has 0 saturated heterocycles. The zero-order valence-electron chi connectivity index (χ0n) is 17.8. The maximum absolute atomic E-state index is 13.5. The highest BCUT2D eigenvalue weighted by atomic mass is 16.3. The Bertz CT molecular complexity index is 1150. The molecule has 0 N–H and O–H groups in total. The third-order valence-corrected chi connectivity index (χ3v) is 6.35. The lowest BCUT2D eigenvalue weighted by Gasteiger charge is -2.40. The van der Waals surface area contributed by atoms with Gasteiger partial charge in [0.05, 0.1) is 12.2 Å². The average molecular weight is 412 g/mol. The highest BCUT2D eigenvalue weighted by Gasteiger charge is 2.43. The molecule has 31 heavy (non-hydrogen) atoms. The third-order valence-electron chi connectivity index (χ3n) is 6.35. The van der Waals surface area contributed by atoms with E-state index in [-0.39, 0.29) is 29.9 Å². The Morgan fingerprint density at radius 1 is 0.871 bits per heavy atom. The van der Waals surface area contributed by atoms with Crippen molar-refractivity contribution in [3.05, 3.63) is 101 Å². The quantitative estimate of drug-likeness (QED) is 0.546. The van der Waals surface area contributed by atoms with Crippen LogP contribution in [0.1, 0.15) is 53.5 Å². The molecule has 0 bridgehead atoms. The number of allylic oxidation sites excluding steroid dienone is 2. The molecule has 2 heterocycles. The van der Waals surface area contributed by atoms with Gasteiger partial charge in [0.2, 0.25) is 5.91 Å². The summed E-state index contributed by atoms with van der Waals surface area (Å²) in [5, 5.41) is 0. The van der Waals surface area contributed by atoms with Crippen molar-refractivity contribution in [3.8, 4) is 0 Å². The van der Waals surface area contributed by atoms with E-state index in [0.29, 0.717) is 18.6 Å². The summed E-state index contributed by atoms with van der Waals surface area (Å²) in [5.41, 5.74) is 5.73. The van der Waals surface area contributed by atoms with E-state index in [1.165, 1.54) is 0 Å². The molecule has 4 heteroatoms. The van der Waals surface area contributed by atoms with E-state index < -0.39 is 0 Å². The Kier molecular flexibility index (Phi) is 4.85. The van der Waals surface area contributed by atoms with Crippen molar-refractivity contribution in [2.45, 2.75) is 44.9 Å². The largest absolute Gasteiger partial charge is 0.469 e. The molecule has 1 aliphatic heterocycles. The lowest BCUT2D eigenvalue weighted by molar-refractivity contribution is -0.120. The van der Waals surface area contributed by atoms with Crippen LogP contribution in [0, 0.1) is 13.8 Å². The number of hydrogen-bond acceptors (Lipinski definition) is 3. The zero-order chi connectivity index (χ0) is 21.5. The Morgan fingerprint density at radius 3 is 2.29 bits per heavy atom. The van der Waals surface area contributed by atoms with Crippen LogP contribution >= 0.6 is 0 Å². The third kappa shape index (κ3) is 3.52. The monoisotopic (exact) mass is 411 g/mol. The van der Waals surface area contributed by atoms with Crippen LogP contribution in [0.5, 0.6) is 0 Å². The van der Waals surface area contributed by atoms with E-state index in [2.05, 4.69) is 18.2 Å². The maximum atomic E-state index is 13.5. The van der Waals surface area contributed by atoms with Crippen molar-refractivity contribution in [1.29, 1.82) is 0 Å². The molecule has 4 nitrogen and oxygen atoms in total. The molecule has 0 saturated carbocycles. The first kappa shape index (κ1) is 19.6. The van der Waals surface area contributed by atoms with Gasteiger partial charge < -0.3 is 4.42 Å². The van der Waals surface area contributed by atoms with Gasteiger partial charge >= 0.3 is 0 Å². The van der Waals surface area contributed by atoms with E-state index in [1.54, 1.807) is 11.2 Å². The van der Waals surface area contributed by atoms with Gasteiger partial charge in [0.1, 0.15) is 5.76 Å². The van der Waals surface area contributed by atoms with Crippen LogP contribution in [0.15, 0.2) is 82.6 Å². The SMILES string of the molecule is Cc1cc(C)cc(N2C(=O)CC(c3ccco3)C3=C2CC(c2ccccc2)CC3=O)c1. The Labute approximate surface area is 182 Å². The van der Waals surface area contributed by atoms with Crippen molar-refractivity contribution in [2.24, 2.45) is 0 Å². The van der Waals surface area contributed by atoms with Gasteiger partial charge in [0.25, 0.3) is 0 Å². The predicted octanol–water partition coefficient (Wildman–Crippen LogP) is 5.82. The van der Waals surface area contributed by atoms with Gasteiger partial charge in [-0.1, -0.05) is 36.4 Å². The number of amides is 1. The smallest absolute Gasteiger partial charge is 0.232 e. The molecule has 0 spiro atoms. The van der Waals surface area contributed by atoms with Crippen LogP contribution in [0.3, 0.4) is 0 Å². The summed E-state index contributed by atoms with van der Waals surface area (Å²) in [6.07, 6.45) is 2.95. The van der Waals surface area contributed by atoms with Gasteiger partial charge in [-0.05, 0) is 67.1 Å². The van der Waals surface area contributed by atoms with Gasteiger partial charge in [-0.25, -0.2) is 0 Å². The Morgan fingerprint density at radius 2 is 1.61 bits per heavy atom. The lowest BCUT2D eigenvalue weighted by atomic mass is 9.74. The lowest BCUT2D eigenvalue weighted by Crippen LogP contribution is -2.41. The number of benzene rings is 2. The summed E-state index contributed by atoms with van der Waals surface area (Å²) in [7, 11) is 0. The summed E-state index contributed by atoms with van der Waals surface area (Å²) >= 11 is 0. The van der Waals surface area contributed by atoms with Crippen LogP contribution in [0.25, 0.3) is 0 Å². The van der Waals surface area contributed by atoms with E-state index in [0.717, 1.165) is 33.6 Å².